The van der Waals surface area contributed by atoms with E-state index in [0.717, 1.165) is 12.1 Å². The molecule has 144 valence electrons. The fourth-order valence-corrected chi connectivity index (χ4v) is 3.54. The van der Waals surface area contributed by atoms with Crippen molar-refractivity contribution in [3.8, 4) is 5.75 Å². The van der Waals surface area contributed by atoms with Crippen LogP contribution in [0.4, 0.5) is 0 Å². The highest BCUT2D eigenvalue weighted by molar-refractivity contribution is 6.32. The van der Waals surface area contributed by atoms with Crippen molar-refractivity contribution in [2.75, 3.05) is 13.1 Å². The number of hydrogen-bond donors (Lipinski definition) is 1. The number of ether oxygens (including phenoxy) is 1. The standard InChI is InChI=1S/C22H27ClN2O2/c1-2-20(27-21-11-4-3-10-19(21)23)22(26)24-15-17-8-7-9-18(14-17)16-25-12-5-6-13-25/h3-4,7-11,14,20H,2,5-6,12-13,15-16H2,1H3,(H,24,26). The van der Waals surface area contributed by atoms with Gasteiger partial charge in [-0.1, -0.05) is 54.9 Å². The van der Waals surface area contributed by atoms with Gasteiger partial charge in [-0.15, -0.1) is 0 Å². The molecule has 0 aromatic heterocycles. The van der Waals surface area contributed by atoms with Crippen LogP contribution in [0, 0.1) is 0 Å². The van der Waals surface area contributed by atoms with E-state index in [0.29, 0.717) is 23.7 Å². The lowest BCUT2D eigenvalue weighted by molar-refractivity contribution is -0.128. The first-order valence-corrected chi connectivity index (χ1v) is 10.0. The molecular weight excluding hydrogens is 360 g/mol. The summed E-state index contributed by atoms with van der Waals surface area (Å²) in [7, 11) is 0. The predicted molar refractivity (Wildman–Crippen MR) is 109 cm³/mol. The fraction of sp³-hybridized carbons (Fsp3) is 0.409. The van der Waals surface area contributed by atoms with E-state index in [1.54, 1.807) is 12.1 Å². The van der Waals surface area contributed by atoms with Crippen LogP contribution in [0.15, 0.2) is 48.5 Å². The van der Waals surface area contributed by atoms with Crippen LogP contribution >= 0.6 is 11.6 Å². The molecular formula is C22H27ClN2O2. The first-order valence-electron chi connectivity index (χ1n) is 9.65. The molecule has 0 aliphatic carbocycles. The summed E-state index contributed by atoms with van der Waals surface area (Å²) in [5, 5.41) is 3.50. The third-order valence-corrected chi connectivity index (χ3v) is 5.14. The number of likely N-dealkylation sites (tertiary alicyclic amines) is 1. The van der Waals surface area contributed by atoms with Crippen molar-refractivity contribution in [1.29, 1.82) is 0 Å². The van der Waals surface area contributed by atoms with Crippen LogP contribution in [0.25, 0.3) is 0 Å². The van der Waals surface area contributed by atoms with Crippen molar-refractivity contribution in [3.05, 3.63) is 64.7 Å². The second-order valence-electron chi connectivity index (χ2n) is 6.97. The Hall–Kier alpha value is -2.04. The van der Waals surface area contributed by atoms with Crippen molar-refractivity contribution in [3.63, 3.8) is 0 Å². The Morgan fingerprint density at radius 3 is 2.63 bits per heavy atom. The van der Waals surface area contributed by atoms with Crippen LogP contribution in [0.3, 0.4) is 0 Å². The van der Waals surface area contributed by atoms with E-state index in [-0.39, 0.29) is 5.91 Å². The number of benzene rings is 2. The Morgan fingerprint density at radius 2 is 1.89 bits per heavy atom. The van der Waals surface area contributed by atoms with Crippen molar-refractivity contribution < 1.29 is 9.53 Å². The number of halogens is 1. The Labute approximate surface area is 166 Å². The third kappa shape index (κ3) is 5.72. The number of carbonyl (C=O) groups is 1. The minimum atomic E-state index is -0.558. The molecule has 1 amide bonds. The van der Waals surface area contributed by atoms with E-state index in [4.69, 9.17) is 16.3 Å². The minimum absolute atomic E-state index is 0.123. The number of para-hydroxylation sites is 1. The fourth-order valence-electron chi connectivity index (χ4n) is 3.36. The van der Waals surface area contributed by atoms with E-state index in [1.165, 1.54) is 31.5 Å². The van der Waals surface area contributed by atoms with Gasteiger partial charge < -0.3 is 10.1 Å². The molecule has 0 spiro atoms. The normalized spacial score (nSPS) is 15.5. The smallest absolute Gasteiger partial charge is 0.261 e. The predicted octanol–water partition coefficient (Wildman–Crippen LogP) is 4.41. The maximum atomic E-state index is 12.5. The van der Waals surface area contributed by atoms with Crippen LogP contribution in [-0.2, 0) is 17.9 Å². The average Bonchev–Trinajstić information content (AvgIpc) is 3.19. The third-order valence-electron chi connectivity index (χ3n) is 4.83. The lowest BCUT2D eigenvalue weighted by Crippen LogP contribution is -2.37. The topological polar surface area (TPSA) is 41.6 Å². The molecule has 5 heteroatoms. The second-order valence-corrected chi connectivity index (χ2v) is 7.37. The molecule has 1 N–H and O–H groups in total. The zero-order valence-electron chi connectivity index (χ0n) is 15.8. The molecule has 1 atom stereocenters. The molecule has 1 unspecified atom stereocenters. The van der Waals surface area contributed by atoms with Gasteiger partial charge in [0.15, 0.2) is 6.10 Å². The molecule has 0 saturated carbocycles. The number of carbonyl (C=O) groups excluding carboxylic acids is 1. The van der Waals surface area contributed by atoms with Crippen molar-refractivity contribution in [2.45, 2.75) is 45.4 Å². The van der Waals surface area contributed by atoms with Gasteiger partial charge in [-0.2, -0.15) is 0 Å². The summed E-state index contributed by atoms with van der Waals surface area (Å²) >= 11 is 6.13. The van der Waals surface area contributed by atoms with Gasteiger partial charge in [-0.25, -0.2) is 0 Å². The number of rotatable bonds is 8. The molecule has 2 aromatic rings. The summed E-state index contributed by atoms with van der Waals surface area (Å²) in [5.41, 5.74) is 2.40. The van der Waals surface area contributed by atoms with Gasteiger partial charge in [0.2, 0.25) is 0 Å². The van der Waals surface area contributed by atoms with E-state index in [1.807, 2.05) is 25.1 Å². The first-order chi connectivity index (χ1) is 13.2. The maximum absolute atomic E-state index is 12.5. The van der Waals surface area contributed by atoms with Crippen LogP contribution in [0.1, 0.15) is 37.3 Å². The van der Waals surface area contributed by atoms with Gasteiger partial charge in [0, 0.05) is 13.1 Å². The lowest BCUT2D eigenvalue weighted by Gasteiger charge is -2.18. The van der Waals surface area contributed by atoms with Gasteiger partial charge in [-0.05, 0) is 55.6 Å². The van der Waals surface area contributed by atoms with Crippen molar-refractivity contribution >= 4 is 17.5 Å². The van der Waals surface area contributed by atoms with Crippen LogP contribution in [0.2, 0.25) is 5.02 Å². The Kier molecular flexibility index (Phi) is 7.13. The zero-order valence-corrected chi connectivity index (χ0v) is 16.5. The molecule has 1 saturated heterocycles. The largest absolute Gasteiger partial charge is 0.479 e. The van der Waals surface area contributed by atoms with E-state index in [2.05, 4.69) is 28.4 Å². The minimum Gasteiger partial charge on any atom is -0.479 e. The summed E-state index contributed by atoms with van der Waals surface area (Å²) < 4.78 is 5.81. The molecule has 2 aromatic carbocycles. The van der Waals surface area contributed by atoms with E-state index < -0.39 is 6.10 Å². The highest BCUT2D eigenvalue weighted by atomic mass is 35.5. The monoisotopic (exact) mass is 386 g/mol. The summed E-state index contributed by atoms with van der Waals surface area (Å²) in [6.45, 7) is 5.76. The quantitative estimate of drug-likeness (QED) is 0.730. The molecule has 4 nitrogen and oxygen atoms in total. The van der Waals surface area contributed by atoms with Gasteiger partial charge in [-0.3, -0.25) is 9.69 Å². The average molecular weight is 387 g/mol. The number of nitrogens with one attached hydrogen (secondary N) is 1. The Morgan fingerprint density at radius 1 is 1.15 bits per heavy atom. The Bertz CT molecular complexity index is 759. The molecule has 3 rings (SSSR count). The summed E-state index contributed by atoms with van der Waals surface area (Å²) in [5.74, 6) is 0.413. The highest BCUT2D eigenvalue weighted by Crippen LogP contribution is 2.25. The summed E-state index contributed by atoms with van der Waals surface area (Å²) in [4.78, 5) is 15.0. The van der Waals surface area contributed by atoms with Gasteiger partial charge >= 0.3 is 0 Å². The molecule has 27 heavy (non-hydrogen) atoms. The van der Waals surface area contributed by atoms with Gasteiger partial charge in [0.05, 0.1) is 5.02 Å². The number of nitrogens with zero attached hydrogens (tertiary/aromatic N) is 1. The molecule has 1 aliphatic heterocycles. The highest BCUT2D eigenvalue weighted by Gasteiger charge is 2.19. The molecule has 1 aliphatic rings. The molecule has 1 fully saturated rings. The van der Waals surface area contributed by atoms with Crippen molar-refractivity contribution in [2.24, 2.45) is 0 Å². The zero-order chi connectivity index (χ0) is 19.1. The summed E-state index contributed by atoms with van der Waals surface area (Å²) in [6, 6.07) is 15.7. The van der Waals surface area contributed by atoms with E-state index in [9.17, 15) is 4.79 Å². The second kappa shape index (κ2) is 9.77. The Balaban J connectivity index is 1.55. The summed E-state index contributed by atoms with van der Waals surface area (Å²) in [6.07, 6.45) is 2.60. The number of amides is 1. The lowest BCUT2D eigenvalue weighted by atomic mass is 10.1. The van der Waals surface area contributed by atoms with Gasteiger partial charge in [0.25, 0.3) is 5.91 Å². The molecule has 0 radical (unpaired) electrons. The van der Waals surface area contributed by atoms with Crippen LogP contribution in [-0.4, -0.2) is 30.0 Å². The SMILES string of the molecule is CCC(Oc1ccccc1Cl)C(=O)NCc1cccc(CN2CCCC2)c1. The maximum Gasteiger partial charge on any atom is 0.261 e. The van der Waals surface area contributed by atoms with Crippen LogP contribution < -0.4 is 10.1 Å². The van der Waals surface area contributed by atoms with Gasteiger partial charge in [0.1, 0.15) is 5.75 Å². The molecule has 1 heterocycles. The van der Waals surface area contributed by atoms with E-state index >= 15 is 0 Å². The molecule has 0 bridgehead atoms. The first kappa shape index (κ1) is 19.7. The number of hydrogen-bond acceptors (Lipinski definition) is 3. The van der Waals surface area contributed by atoms with Crippen molar-refractivity contribution in [1.82, 2.24) is 10.2 Å². The van der Waals surface area contributed by atoms with Crippen LogP contribution in [0.5, 0.6) is 5.75 Å².